The Bertz CT molecular complexity index is 593. The van der Waals surface area contributed by atoms with Crippen LogP contribution in [0.5, 0.6) is 11.5 Å². The molecular formula is C17H23NO6. The summed E-state index contributed by atoms with van der Waals surface area (Å²) in [6.45, 7) is 4.47. The number of hydrogen-bond acceptors (Lipinski definition) is 6. The van der Waals surface area contributed by atoms with E-state index in [9.17, 15) is 9.59 Å². The van der Waals surface area contributed by atoms with E-state index in [2.05, 4.69) is 0 Å². The van der Waals surface area contributed by atoms with Crippen molar-refractivity contribution in [3.63, 3.8) is 0 Å². The number of methoxy groups -OCH3 is 2. The Kier molecular flexibility index (Phi) is 6.03. The smallest absolute Gasteiger partial charge is 0.342 e. The van der Waals surface area contributed by atoms with Gasteiger partial charge in [0.2, 0.25) is 0 Å². The largest absolute Gasteiger partial charge is 0.497 e. The van der Waals surface area contributed by atoms with E-state index < -0.39 is 5.97 Å². The topological polar surface area (TPSA) is 74.3 Å². The normalized spacial score (nSPS) is 20.4. The van der Waals surface area contributed by atoms with E-state index in [0.29, 0.717) is 24.6 Å². The molecule has 24 heavy (non-hydrogen) atoms. The molecule has 132 valence electrons. The van der Waals surface area contributed by atoms with Gasteiger partial charge in [-0.05, 0) is 32.0 Å². The zero-order valence-electron chi connectivity index (χ0n) is 14.4. The second-order valence-corrected chi connectivity index (χ2v) is 5.70. The van der Waals surface area contributed by atoms with Gasteiger partial charge in [-0.1, -0.05) is 0 Å². The molecule has 0 saturated carbocycles. The molecule has 0 aromatic heterocycles. The maximum absolute atomic E-state index is 12.3. The van der Waals surface area contributed by atoms with Gasteiger partial charge in [-0.15, -0.1) is 0 Å². The lowest BCUT2D eigenvalue weighted by atomic mass is 10.2. The molecule has 1 aromatic carbocycles. The monoisotopic (exact) mass is 337 g/mol. The summed E-state index contributed by atoms with van der Waals surface area (Å²) in [5, 5.41) is 0. The first kappa shape index (κ1) is 18.1. The molecule has 7 heteroatoms. The Morgan fingerprint density at radius 3 is 2.42 bits per heavy atom. The van der Waals surface area contributed by atoms with Crippen LogP contribution in [-0.2, 0) is 14.3 Å². The highest BCUT2D eigenvalue weighted by Crippen LogP contribution is 2.24. The van der Waals surface area contributed by atoms with Crippen molar-refractivity contribution in [1.82, 2.24) is 4.90 Å². The number of amides is 1. The predicted molar refractivity (Wildman–Crippen MR) is 86.4 cm³/mol. The van der Waals surface area contributed by atoms with Crippen molar-refractivity contribution in [3.8, 4) is 11.5 Å². The summed E-state index contributed by atoms with van der Waals surface area (Å²) in [4.78, 5) is 26.1. The number of rotatable bonds is 5. The number of esters is 1. The molecule has 0 unspecified atom stereocenters. The summed E-state index contributed by atoms with van der Waals surface area (Å²) < 4.78 is 21.0. The van der Waals surface area contributed by atoms with E-state index in [4.69, 9.17) is 18.9 Å². The van der Waals surface area contributed by atoms with Gasteiger partial charge in [0.15, 0.2) is 6.61 Å². The minimum absolute atomic E-state index is 0.0353. The number of carbonyl (C=O) groups excluding carboxylic acids is 2. The third kappa shape index (κ3) is 4.38. The van der Waals surface area contributed by atoms with Crippen molar-refractivity contribution in [2.75, 3.05) is 33.9 Å². The van der Waals surface area contributed by atoms with Gasteiger partial charge in [0, 0.05) is 13.1 Å². The molecule has 0 aliphatic carbocycles. The van der Waals surface area contributed by atoms with Crippen LogP contribution in [0.2, 0.25) is 0 Å². The first-order valence-electron chi connectivity index (χ1n) is 7.77. The number of ether oxygens (including phenoxy) is 4. The van der Waals surface area contributed by atoms with Crippen LogP contribution in [0.25, 0.3) is 0 Å². The molecule has 1 aliphatic rings. The summed E-state index contributed by atoms with van der Waals surface area (Å²) in [6, 6.07) is 4.81. The van der Waals surface area contributed by atoms with Gasteiger partial charge < -0.3 is 23.8 Å². The Morgan fingerprint density at radius 2 is 1.83 bits per heavy atom. The summed E-state index contributed by atoms with van der Waals surface area (Å²) in [5.74, 6) is -0.00700. The van der Waals surface area contributed by atoms with E-state index in [1.807, 2.05) is 13.8 Å². The molecule has 0 bridgehead atoms. The zero-order chi connectivity index (χ0) is 17.7. The molecule has 1 saturated heterocycles. The van der Waals surface area contributed by atoms with Crippen LogP contribution in [-0.4, -0.2) is 62.9 Å². The molecule has 1 fully saturated rings. The van der Waals surface area contributed by atoms with Crippen LogP contribution in [0.3, 0.4) is 0 Å². The average Bonchev–Trinajstić information content (AvgIpc) is 2.57. The molecule has 0 spiro atoms. The van der Waals surface area contributed by atoms with Crippen molar-refractivity contribution in [1.29, 1.82) is 0 Å². The number of hydrogen-bond donors (Lipinski definition) is 0. The van der Waals surface area contributed by atoms with Crippen LogP contribution in [0.4, 0.5) is 0 Å². The van der Waals surface area contributed by atoms with Gasteiger partial charge >= 0.3 is 5.97 Å². The first-order valence-corrected chi connectivity index (χ1v) is 7.77. The lowest BCUT2D eigenvalue weighted by Gasteiger charge is -2.35. The second kappa shape index (κ2) is 8.01. The van der Waals surface area contributed by atoms with E-state index in [1.165, 1.54) is 20.3 Å². The van der Waals surface area contributed by atoms with E-state index in [0.717, 1.165) is 0 Å². The summed E-state index contributed by atoms with van der Waals surface area (Å²) in [5.41, 5.74) is 0.216. The maximum atomic E-state index is 12.3. The lowest BCUT2D eigenvalue weighted by Crippen LogP contribution is -2.49. The Morgan fingerprint density at radius 1 is 1.17 bits per heavy atom. The number of carbonyl (C=O) groups is 2. The number of benzene rings is 1. The Labute approximate surface area is 141 Å². The average molecular weight is 337 g/mol. The van der Waals surface area contributed by atoms with Crippen LogP contribution in [0.15, 0.2) is 18.2 Å². The summed E-state index contributed by atoms with van der Waals surface area (Å²) in [7, 11) is 2.96. The molecule has 2 atom stereocenters. The first-order chi connectivity index (χ1) is 11.4. The second-order valence-electron chi connectivity index (χ2n) is 5.70. The summed E-state index contributed by atoms with van der Waals surface area (Å²) in [6.07, 6.45) is -0.0706. The third-order valence-electron chi connectivity index (χ3n) is 3.73. The van der Waals surface area contributed by atoms with Gasteiger partial charge in [-0.25, -0.2) is 4.79 Å². The summed E-state index contributed by atoms with van der Waals surface area (Å²) >= 11 is 0. The minimum atomic E-state index is -0.631. The molecule has 1 amide bonds. The van der Waals surface area contributed by atoms with Crippen LogP contribution >= 0.6 is 0 Å². The molecule has 1 aromatic rings. The van der Waals surface area contributed by atoms with Crippen molar-refractivity contribution in [3.05, 3.63) is 23.8 Å². The van der Waals surface area contributed by atoms with E-state index >= 15 is 0 Å². The molecule has 2 rings (SSSR count). The van der Waals surface area contributed by atoms with Crippen LogP contribution in [0, 0.1) is 0 Å². The number of morpholine rings is 1. The van der Waals surface area contributed by atoms with Gasteiger partial charge in [0.25, 0.3) is 5.91 Å². The van der Waals surface area contributed by atoms with Crippen molar-refractivity contribution < 1.29 is 28.5 Å². The molecule has 0 N–H and O–H groups in total. The van der Waals surface area contributed by atoms with Gasteiger partial charge in [-0.3, -0.25) is 4.79 Å². The molecule has 0 radical (unpaired) electrons. The Balaban J connectivity index is 1.99. The van der Waals surface area contributed by atoms with Gasteiger partial charge in [-0.2, -0.15) is 0 Å². The fraction of sp³-hybridized carbons (Fsp3) is 0.529. The van der Waals surface area contributed by atoms with Crippen LogP contribution in [0.1, 0.15) is 24.2 Å². The molecule has 7 nitrogen and oxygen atoms in total. The van der Waals surface area contributed by atoms with Crippen molar-refractivity contribution in [2.45, 2.75) is 26.1 Å². The fourth-order valence-electron chi connectivity index (χ4n) is 2.65. The van der Waals surface area contributed by atoms with Crippen molar-refractivity contribution in [2.24, 2.45) is 0 Å². The maximum Gasteiger partial charge on any atom is 0.342 e. The highest BCUT2D eigenvalue weighted by molar-refractivity contribution is 5.94. The van der Waals surface area contributed by atoms with Gasteiger partial charge in [0.05, 0.1) is 26.4 Å². The fourth-order valence-corrected chi connectivity index (χ4v) is 2.65. The third-order valence-corrected chi connectivity index (χ3v) is 3.73. The van der Waals surface area contributed by atoms with E-state index in [-0.39, 0.29) is 30.3 Å². The molecule has 1 aliphatic heterocycles. The van der Waals surface area contributed by atoms with E-state index in [1.54, 1.807) is 17.0 Å². The highest BCUT2D eigenvalue weighted by Gasteiger charge is 2.27. The molecule has 1 heterocycles. The lowest BCUT2D eigenvalue weighted by molar-refractivity contribution is -0.146. The predicted octanol–water partition coefficient (Wildman–Crippen LogP) is 1.50. The quantitative estimate of drug-likeness (QED) is 0.758. The Hall–Kier alpha value is -2.28. The zero-order valence-corrected chi connectivity index (χ0v) is 14.4. The standard InChI is InChI=1S/C17H23NO6/c1-11-8-18(9-12(2)24-11)16(19)10-23-17(20)14-7-13(21-3)5-6-15(14)22-4/h5-7,11-12H,8-10H2,1-4H3/t11-,12-/m1/s1. The molecular weight excluding hydrogens is 314 g/mol. The number of nitrogens with zero attached hydrogens (tertiary/aromatic N) is 1. The van der Waals surface area contributed by atoms with Gasteiger partial charge in [0.1, 0.15) is 17.1 Å². The minimum Gasteiger partial charge on any atom is -0.497 e. The van der Waals surface area contributed by atoms with Crippen molar-refractivity contribution >= 4 is 11.9 Å². The highest BCUT2D eigenvalue weighted by atomic mass is 16.5. The SMILES string of the molecule is COc1ccc(OC)c(C(=O)OCC(=O)N2C[C@@H](C)O[C@H](C)C2)c1. The van der Waals surface area contributed by atoms with Crippen LogP contribution < -0.4 is 9.47 Å².